The number of fused-ring (bicyclic) bond motifs is 1. The van der Waals surface area contributed by atoms with E-state index in [1.807, 2.05) is 0 Å². The number of nitrogens with one attached hydrogen (secondary N) is 3. The molecule has 1 aliphatic rings. The van der Waals surface area contributed by atoms with E-state index in [1.165, 1.54) is 7.11 Å². The zero-order valence-electron chi connectivity index (χ0n) is 17.8. The molecule has 0 saturated heterocycles. The van der Waals surface area contributed by atoms with Crippen molar-refractivity contribution in [3.8, 4) is 11.5 Å². The average Bonchev–Trinajstić information content (AvgIpc) is 2.79. The van der Waals surface area contributed by atoms with Crippen molar-refractivity contribution in [2.24, 2.45) is 0 Å². The number of ether oxygens (including phenoxy) is 2. The van der Waals surface area contributed by atoms with E-state index in [2.05, 4.69) is 16.0 Å². The van der Waals surface area contributed by atoms with Crippen LogP contribution in [0.25, 0.3) is 0 Å². The minimum absolute atomic E-state index is 0.147. The van der Waals surface area contributed by atoms with Gasteiger partial charge in [-0.2, -0.15) is 0 Å². The Balaban J connectivity index is 1.69. The number of halogens is 1. The number of hydrogen-bond donors (Lipinski definition) is 3. The molecule has 3 rings (SSSR count). The molecule has 3 N–H and O–H groups in total. The highest BCUT2D eigenvalue weighted by molar-refractivity contribution is 6.31. The van der Waals surface area contributed by atoms with Crippen LogP contribution in [0.3, 0.4) is 0 Å². The Hall–Kier alpha value is -3.26. The normalized spacial score (nSPS) is 17.6. The molecule has 0 saturated carbocycles. The molecular formula is C23H26ClN3O5. The maximum absolute atomic E-state index is 12.7. The van der Waals surface area contributed by atoms with Crippen molar-refractivity contribution < 1.29 is 23.9 Å². The van der Waals surface area contributed by atoms with E-state index in [4.69, 9.17) is 21.1 Å². The highest BCUT2D eigenvalue weighted by atomic mass is 35.5. The van der Waals surface area contributed by atoms with Crippen molar-refractivity contribution in [2.45, 2.75) is 25.3 Å². The zero-order valence-corrected chi connectivity index (χ0v) is 18.5. The third-order valence-corrected chi connectivity index (χ3v) is 5.24. The lowest BCUT2D eigenvalue weighted by Gasteiger charge is -2.20. The highest BCUT2D eigenvalue weighted by Crippen LogP contribution is 2.25. The van der Waals surface area contributed by atoms with Gasteiger partial charge in [-0.05, 0) is 49.6 Å². The molecule has 3 amide bonds. The van der Waals surface area contributed by atoms with Crippen LogP contribution in [0.5, 0.6) is 11.5 Å². The molecule has 0 unspecified atom stereocenters. The van der Waals surface area contributed by atoms with Crippen LogP contribution in [0.4, 0.5) is 0 Å². The van der Waals surface area contributed by atoms with E-state index < -0.39 is 6.04 Å². The van der Waals surface area contributed by atoms with Gasteiger partial charge in [0.25, 0.3) is 11.8 Å². The standard InChI is InChI=1S/C23H26ClN3O5/c1-31-17-8-9-18-20(14-17)32-12-11-26-23(30)19(7-2-3-10-25-22(18)29)27-21(28)15-5-4-6-16(24)13-15/h4-6,8-9,13-14,19H,2-3,7,10-12H2,1H3,(H,25,29)(H,26,30)(H,27,28)/t19-/m0/s1. The number of amides is 3. The number of hydrogen-bond acceptors (Lipinski definition) is 5. The molecule has 0 aliphatic carbocycles. The average molecular weight is 460 g/mol. The SMILES string of the molecule is COc1ccc2c(c1)OCCNC(=O)[C@@H](NC(=O)c1cccc(Cl)c1)CCCCNC2=O. The van der Waals surface area contributed by atoms with Gasteiger partial charge in [0.05, 0.1) is 19.2 Å². The van der Waals surface area contributed by atoms with Crippen LogP contribution < -0.4 is 25.4 Å². The molecule has 0 aromatic heterocycles. The van der Waals surface area contributed by atoms with Crippen molar-refractivity contribution >= 4 is 29.3 Å². The Morgan fingerprint density at radius 2 is 1.97 bits per heavy atom. The van der Waals surface area contributed by atoms with Gasteiger partial charge in [0.15, 0.2) is 0 Å². The maximum atomic E-state index is 12.7. The Kier molecular flexibility index (Phi) is 8.33. The van der Waals surface area contributed by atoms with Gasteiger partial charge in [0.1, 0.15) is 24.1 Å². The number of carbonyl (C=O) groups excluding carboxylic acids is 3. The summed E-state index contributed by atoms with van der Waals surface area (Å²) in [5, 5.41) is 8.88. The summed E-state index contributed by atoms with van der Waals surface area (Å²) in [5.74, 6) is 0.0225. The van der Waals surface area contributed by atoms with Crippen molar-refractivity contribution in [3.05, 3.63) is 58.6 Å². The first kappa shape index (κ1) is 23.4. The third kappa shape index (κ3) is 6.37. The lowest BCUT2D eigenvalue weighted by atomic mass is 10.1. The molecule has 1 aliphatic heterocycles. The quantitative estimate of drug-likeness (QED) is 0.654. The molecule has 170 valence electrons. The first-order valence-electron chi connectivity index (χ1n) is 10.4. The monoisotopic (exact) mass is 459 g/mol. The highest BCUT2D eigenvalue weighted by Gasteiger charge is 2.22. The van der Waals surface area contributed by atoms with Gasteiger partial charge >= 0.3 is 0 Å². The van der Waals surface area contributed by atoms with Gasteiger partial charge in [-0.15, -0.1) is 0 Å². The molecule has 2 aromatic rings. The molecule has 0 radical (unpaired) electrons. The first-order valence-corrected chi connectivity index (χ1v) is 10.8. The molecule has 0 bridgehead atoms. The van der Waals surface area contributed by atoms with E-state index in [-0.39, 0.29) is 30.9 Å². The van der Waals surface area contributed by atoms with Gasteiger partial charge in [-0.1, -0.05) is 17.7 Å². The van der Waals surface area contributed by atoms with Crippen molar-refractivity contribution in [3.63, 3.8) is 0 Å². The summed E-state index contributed by atoms with van der Waals surface area (Å²) in [6, 6.07) is 10.8. The molecular weight excluding hydrogens is 434 g/mol. The summed E-state index contributed by atoms with van der Waals surface area (Å²) in [5.41, 5.74) is 0.784. The van der Waals surface area contributed by atoms with E-state index in [0.29, 0.717) is 53.5 Å². The number of benzene rings is 2. The summed E-state index contributed by atoms with van der Waals surface area (Å²) in [6.07, 6.45) is 1.72. The van der Waals surface area contributed by atoms with Gasteiger partial charge < -0.3 is 25.4 Å². The fourth-order valence-electron chi connectivity index (χ4n) is 3.31. The molecule has 0 spiro atoms. The smallest absolute Gasteiger partial charge is 0.255 e. The lowest BCUT2D eigenvalue weighted by molar-refractivity contribution is -0.123. The second-order valence-electron chi connectivity index (χ2n) is 7.29. The Labute approximate surface area is 191 Å². The summed E-state index contributed by atoms with van der Waals surface area (Å²) in [6.45, 7) is 0.787. The van der Waals surface area contributed by atoms with Crippen molar-refractivity contribution in [2.75, 3.05) is 26.8 Å². The van der Waals surface area contributed by atoms with E-state index >= 15 is 0 Å². The van der Waals surface area contributed by atoms with Crippen LogP contribution in [0.2, 0.25) is 5.02 Å². The third-order valence-electron chi connectivity index (χ3n) is 5.01. The fraction of sp³-hybridized carbons (Fsp3) is 0.348. The van der Waals surface area contributed by atoms with Crippen LogP contribution in [0.1, 0.15) is 40.0 Å². The lowest BCUT2D eigenvalue weighted by Crippen LogP contribution is -2.47. The number of carbonyl (C=O) groups is 3. The van der Waals surface area contributed by atoms with Gasteiger partial charge in [0.2, 0.25) is 5.91 Å². The van der Waals surface area contributed by atoms with E-state index in [0.717, 1.165) is 0 Å². The number of methoxy groups -OCH3 is 1. The van der Waals surface area contributed by atoms with Gasteiger partial charge in [0, 0.05) is 23.2 Å². The molecule has 0 fully saturated rings. The first-order chi connectivity index (χ1) is 15.5. The van der Waals surface area contributed by atoms with Crippen molar-refractivity contribution in [1.82, 2.24) is 16.0 Å². The van der Waals surface area contributed by atoms with Gasteiger partial charge in [-0.25, -0.2) is 0 Å². The molecule has 1 atom stereocenters. The zero-order chi connectivity index (χ0) is 22.9. The molecule has 32 heavy (non-hydrogen) atoms. The minimum atomic E-state index is -0.715. The summed E-state index contributed by atoms with van der Waals surface area (Å²) in [7, 11) is 1.53. The molecule has 1 heterocycles. The number of rotatable bonds is 3. The predicted molar refractivity (Wildman–Crippen MR) is 120 cm³/mol. The maximum Gasteiger partial charge on any atom is 0.255 e. The summed E-state index contributed by atoms with van der Waals surface area (Å²) >= 11 is 5.96. The second kappa shape index (κ2) is 11.4. The van der Waals surface area contributed by atoms with Crippen LogP contribution >= 0.6 is 11.6 Å². The largest absolute Gasteiger partial charge is 0.497 e. The van der Waals surface area contributed by atoms with E-state index in [1.54, 1.807) is 42.5 Å². The Morgan fingerprint density at radius 1 is 1.12 bits per heavy atom. The molecule has 2 aromatic carbocycles. The predicted octanol–water partition coefficient (Wildman–Crippen LogP) is 2.56. The topological polar surface area (TPSA) is 106 Å². The van der Waals surface area contributed by atoms with Crippen LogP contribution in [0, 0.1) is 0 Å². The van der Waals surface area contributed by atoms with Crippen LogP contribution in [-0.2, 0) is 4.79 Å². The summed E-state index contributed by atoms with van der Waals surface area (Å²) in [4.78, 5) is 37.9. The Morgan fingerprint density at radius 3 is 2.75 bits per heavy atom. The van der Waals surface area contributed by atoms with Crippen molar-refractivity contribution in [1.29, 1.82) is 0 Å². The summed E-state index contributed by atoms with van der Waals surface area (Å²) < 4.78 is 10.9. The van der Waals surface area contributed by atoms with Gasteiger partial charge in [-0.3, -0.25) is 14.4 Å². The van der Waals surface area contributed by atoms with E-state index in [9.17, 15) is 14.4 Å². The minimum Gasteiger partial charge on any atom is -0.497 e. The Bertz CT molecular complexity index is 982. The van der Waals surface area contributed by atoms with Crippen LogP contribution in [0.15, 0.2) is 42.5 Å². The fourth-order valence-corrected chi connectivity index (χ4v) is 3.50. The second-order valence-corrected chi connectivity index (χ2v) is 7.73. The van der Waals surface area contributed by atoms with Crippen LogP contribution in [-0.4, -0.2) is 50.6 Å². The molecule has 9 heteroatoms. The molecule has 8 nitrogen and oxygen atoms in total.